The first-order chi connectivity index (χ1) is 19.8. The van der Waals surface area contributed by atoms with Crippen molar-refractivity contribution < 1.29 is 28.6 Å². The van der Waals surface area contributed by atoms with Gasteiger partial charge in [-0.25, -0.2) is 14.2 Å². The number of nitrogens with one attached hydrogen (secondary N) is 2. The number of carboxylic acids is 1. The van der Waals surface area contributed by atoms with E-state index < -0.39 is 40.9 Å². The highest BCUT2D eigenvalue weighted by Gasteiger charge is 2.66. The second kappa shape index (κ2) is 10.9. The zero-order valence-electron chi connectivity index (χ0n) is 23.4. The summed E-state index contributed by atoms with van der Waals surface area (Å²) < 4.78 is 21.3. The number of halogens is 3. The summed E-state index contributed by atoms with van der Waals surface area (Å²) in [5.74, 6) is -4.78. The Morgan fingerprint density at radius 2 is 1.95 bits per heavy atom. The van der Waals surface area contributed by atoms with Crippen LogP contribution in [0.3, 0.4) is 0 Å². The first-order valence-electron chi connectivity index (χ1n) is 13.4. The van der Waals surface area contributed by atoms with Crippen LogP contribution in [0, 0.1) is 23.1 Å². The zero-order valence-corrected chi connectivity index (χ0v) is 24.9. The number of rotatable bonds is 6. The van der Waals surface area contributed by atoms with Gasteiger partial charge in [-0.15, -0.1) is 0 Å². The number of ether oxygens (including phenoxy) is 1. The molecule has 0 saturated heterocycles. The van der Waals surface area contributed by atoms with Gasteiger partial charge in [-0.1, -0.05) is 56.1 Å². The predicted octanol–water partition coefficient (Wildman–Crippen LogP) is 6.92. The maximum absolute atomic E-state index is 15.9. The highest BCUT2D eigenvalue weighted by atomic mass is 35.5. The smallest absolute Gasteiger partial charge is 0.335 e. The summed E-state index contributed by atoms with van der Waals surface area (Å²) in [6, 6.07) is 10.2. The van der Waals surface area contributed by atoms with Gasteiger partial charge in [-0.2, -0.15) is 0 Å². The van der Waals surface area contributed by atoms with E-state index in [4.69, 9.17) is 27.9 Å². The molecule has 2 aromatic carbocycles. The number of anilines is 2. The summed E-state index contributed by atoms with van der Waals surface area (Å²) in [5.41, 5.74) is -0.211. The molecule has 2 heterocycles. The van der Waals surface area contributed by atoms with Crippen molar-refractivity contribution in [3.05, 3.63) is 81.3 Å². The fourth-order valence-corrected chi connectivity index (χ4v) is 7.08. The van der Waals surface area contributed by atoms with Crippen LogP contribution in [0.2, 0.25) is 10.2 Å². The van der Waals surface area contributed by atoms with Crippen molar-refractivity contribution in [2.75, 3.05) is 17.7 Å². The van der Waals surface area contributed by atoms with Gasteiger partial charge < -0.3 is 20.5 Å². The van der Waals surface area contributed by atoms with E-state index in [1.807, 2.05) is 20.8 Å². The lowest BCUT2D eigenvalue weighted by Gasteiger charge is -2.38. The van der Waals surface area contributed by atoms with Gasteiger partial charge in [-0.3, -0.25) is 9.59 Å². The number of aromatic carboxylic acids is 1. The Morgan fingerprint density at radius 3 is 2.62 bits per heavy atom. The molecule has 11 heteroatoms. The molecule has 0 unspecified atom stereocenters. The average molecular weight is 615 g/mol. The quantitative estimate of drug-likeness (QED) is 0.260. The van der Waals surface area contributed by atoms with Crippen LogP contribution in [0.5, 0.6) is 5.75 Å². The third-order valence-corrected chi connectivity index (χ3v) is 8.73. The van der Waals surface area contributed by atoms with E-state index in [9.17, 15) is 19.5 Å². The highest BCUT2D eigenvalue weighted by molar-refractivity contribution is 6.31. The minimum atomic E-state index is -1.36. The van der Waals surface area contributed by atoms with E-state index in [2.05, 4.69) is 15.6 Å². The second-order valence-corrected chi connectivity index (χ2v) is 12.8. The van der Waals surface area contributed by atoms with Crippen molar-refractivity contribution in [2.45, 2.75) is 44.9 Å². The number of aromatic nitrogens is 1. The van der Waals surface area contributed by atoms with E-state index in [1.54, 1.807) is 18.2 Å². The maximum Gasteiger partial charge on any atom is 0.335 e. The summed E-state index contributed by atoms with van der Waals surface area (Å²) in [6.07, 6.45) is 2.33. The molecule has 3 N–H and O–H groups in total. The van der Waals surface area contributed by atoms with Crippen molar-refractivity contribution in [2.24, 2.45) is 17.3 Å². The van der Waals surface area contributed by atoms with E-state index in [0.717, 1.165) is 0 Å². The molecule has 2 amide bonds. The molecule has 4 atom stereocenters. The lowest BCUT2D eigenvalue weighted by atomic mass is 9.62. The van der Waals surface area contributed by atoms with Crippen molar-refractivity contribution in [1.82, 2.24) is 4.98 Å². The summed E-state index contributed by atoms with van der Waals surface area (Å²) >= 11 is 12.4. The minimum Gasteiger partial charge on any atom is -0.495 e. The number of hydrogen-bond acceptors (Lipinski definition) is 5. The third-order valence-electron chi connectivity index (χ3n) is 8.23. The number of nitrogens with zero attached hydrogens (tertiary/aromatic N) is 1. The number of fused-ring (bicyclic) bond motifs is 2. The number of methoxy groups -OCH3 is 1. The van der Waals surface area contributed by atoms with Gasteiger partial charge >= 0.3 is 5.97 Å². The molecule has 1 aliphatic carbocycles. The Bertz CT molecular complexity index is 1610. The number of carbonyl (C=O) groups excluding carboxylic acids is 2. The molecule has 2 aliphatic rings. The molecule has 42 heavy (non-hydrogen) atoms. The standard InChI is InChI=1S/C31H30Cl2FN3O5/c1-30(2,3)13-16-11-18(27(38)36-21-9-8-15(28(39)40)10-23(21)42-4)25(17-6-5-7-20(32)26(17)34)31(16)19-14-35-24(33)12-22(19)37-29(31)41/h5-10,12,14,16,18,25H,11,13H2,1-4H3,(H,36,38)(H,37,41)(H,39,40)/t16-,18+,25-,31-/m0/s1. The average Bonchev–Trinajstić information content (AvgIpc) is 3.39. The van der Waals surface area contributed by atoms with Gasteiger partial charge in [0, 0.05) is 29.3 Å². The highest BCUT2D eigenvalue weighted by Crippen LogP contribution is 2.64. The van der Waals surface area contributed by atoms with Crippen LogP contribution < -0.4 is 15.4 Å². The number of amides is 2. The third kappa shape index (κ3) is 4.98. The van der Waals surface area contributed by atoms with Crippen LogP contribution in [-0.2, 0) is 15.0 Å². The number of benzene rings is 2. The normalized spacial score (nSPS) is 23.0. The van der Waals surface area contributed by atoms with Crippen LogP contribution >= 0.6 is 23.2 Å². The number of pyridine rings is 1. The zero-order chi connectivity index (χ0) is 30.6. The molecule has 220 valence electrons. The predicted molar refractivity (Wildman–Crippen MR) is 158 cm³/mol. The Labute approximate surface area is 252 Å². The van der Waals surface area contributed by atoms with E-state index in [-0.39, 0.29) is 50.5 Å². The molecule has 1 fully saturated rings. The Morgan fingerprint density at radius 1 is 1.21 bits per heavy atom. The molecular formula is C31H30Cl2FN3O5. The molecule has 1 saturated carbocycles. The molecule has 8 nitrogen and oxygen atoms in total. The lowest BCUT2D eigenvalue weighted by Crippen LogP contribution is -2.45. The second-order valence-electron chi connectivity index (χ2n) is 12.0. The lowest BCUT2D eigenvalue weighted by molar-refractivity contribution is -0.123. The largest absolute Gasteiger partial charge is 0.495 e. The molecule has 5 rings (SSSR count). The SMILES string of the molecule is COc1cc(C(=O)O)ccc1NC(=O)[C@@H]1C[C@@H](CC(C)(C)C)[C@@]2(C(=O)Nc3cc(Cl)ncc32)[C@H]1c1cccc(Cl)c1F. The molecule has 1 aliphatic heterocycles. The maximum atomic E-state index is 15.9. The van der Waals surface area contributed by atoms with Crippen molar-refractivity contribution in [3.8, 4) is 5.75 Å². The molecule has 1 spiro atoms. The van der Waals surface area contributed by atoms with E-state index >= 15 is 4.39 Å². The molecular weight excluding hydrogens is 584 g/mol. The van der Waals surface area contributed by atoms with Crippen LogP contribution in [0.1, 0.15) is 61.0 Å². The number of hydrogen-bond donors (Lipinski definition) is 3. The summed E-state index contributed by atoms with van der Waals surface area (Å²) in [4.78, 5) is 44.2. The van der Waals surface area contributed by atoms with E-state index in [0.29, 0.717) is 17.7 Å². The van der Waals surface area contributed by atoms with Crippen molar-refractivity contribution >= 4 is 52.4 Å². The monoisotopic (exact) mass is 613 g/mol. The first kappa shape index (κ1) is 29.8. The molecule has 0 radical (unpaired) electrons. The van der Waals surface area contributed by atoms with Crippen LogP contribution in [0.15, 0.2) is 48.7 Å². The van der Waals surface area contributed by atoms with Gasteiger partial charge in [-0.05, 0) is 60.1 Å². The summed E-state index contributed by atoms with van der Waals surface area (Å²) in [5, 5.41) is 15.2. The molecule has 0 bridgehead atoms. The minimum absolute atomic E-state index is 0.0146. The van der Waals surface area contributed by atoms with Gasteiger partial charge in [0.1, 0.15) is 16.7 Å². The number of carboxylic acid groups (broad SMARTS) is 1. The van der Waals surface area contributed by atoms with Crippen molar-refractivity contribution in [3.63, 3.8) is 0 Å². The summed E-state index contributed by atoms with van der Waals surface area (Å²) in [7, 11) is 1.36. The Kier molecular flexibility index (Phi) is 7.70. The fourth-order valence-electron chi connectivity index (χ4n) is 6.74. The Balaban J connectivity index is 1.70. The topological polar surface area (TPSA) is 118 Å². The number of carbonyl (C=O) groups is 3. The first-order valence-corrected chi connectivity index (χ1v) is 14.2. The Hall–Kier alpha value is -3.69. The van der Waals surface area contributed by atoms with Gasteiger partial charge in [0.15, 0.2) is 0 Å². The van der Waals surface area contributed by atoms with Crippen molar-refractivity contribution in [1.29, 1.82) is 0 Å². The van der Waals surface area contributed by atoms with Gasteiger partial charge in [0.25, 0.3) is 0 Å². The van der Waals surface area contributed by atoms with E-state index in [1.165, 1.54) is 37.6 Å². The van der Waals surface area contributed by atoms with Crippen LogP contribution in [0.25, 0.3) is 0 Å². The molecule has 1 aromatic heterocycles. The van der Waals surface area contributed by atoms with Gasteiger partial charge in [0.2, 0.25) is 11.8 Å². The fraction of sp³-hybridized carbons (Fsp3) is 0.355. The van der Waals surface area contributed by atoms with Crippen LogP contribution in [0.4, 0.5) is 15.8 Å². The van der Waals surface area contributed by atoms with Crippen LogP contribution in [-0.4, -0.2) is 35.0 Å². The molecule has 3 aromatic rings. The van der Waals surface area contributed by atoms with Gasteiger partial charge in [0.05, 0.1) is 28.8 Å². The summed E-state index contributed by atoms with van der Waals surface area (Å²) in [6.45, 7) is 6.14.